The van der Waals surface area contributed by atoms with Crippen molar-refractivity contribution in [1.82, 2.24) is 4.90 Å². The van der Waals surface area contributed by atoms with Crippen molar-refractivity contribution in [1.29, 1.82) is 0 Å². The molecular weight excluding hydrogens is 497 g/mol. The molecule has 7 nitrogen and oxygen atoms in total. The van der Waals surface area contributed by atoms with Gasteiger partial charge in [-0.05, 0) is 53.6 Å². The molecule has 1 unspecified atom stereocenters. The van der Waals surface area contributed by atoms with Gasteiger partial charge in [0.25, 0.3) is 0 Å². The zero-order chi connectivity index (χ0) is 27.1. The number of nitrogens with zero attached hydrogens (tertiary/aromatic N) is 1. The van der Waals surface area contributed by atoms with Crippen LogP contribution in [0.4, 0.5) is 30.2 Å². The second-order valence-electron chi connectivity index (χ2n) is 8.69. The van der Waals surface area contributed by atoms with E-state index in [0.29, 0.717) is 43.2 Å². The van der Waals surface area contributed by atoms with E-state index >= 15 is 0 Å². The number of hydrogen-bond donors (Lipinski definition) is 3. The van der Waals surface area contributed by atoms with Gasteiger partial charge in [-0.15, -0.1) is 0 Å². The number of rotatable bonds is 7. The van der Waals surface area contributed by atoms with Crippen LogP contribution in [0.5, 0.6) is 0 Å². The molecule has 0 aromatic heterocycles. The molecule has 198 valence electrons. The van der Waals surface area contributed by atoms with Gasteiger partial charge in [-0.2, -0.15) is 13.2 Å². The third-order valence-electron chi connectivity index (χ3n) is 6.04. The number of para-hydroxylation sites is 2. The molecule has 4 N–H and O–H groups in total. The molecule has 1 atom stereocenters. The predicted molar refractivity (Wildman–Crippen MR) is 140 cm³/mol. The largest absolute Gasteiger partial charge is 0.416 e. The van der Waals surface area contributed by atoms with Crippen LogP contribution in [0.1, 0.15) is 22.7 Å². The molecule has 10 heteroatoms. The van der Waals surface area contributed by atoms with E-state index in [4.69, 9.17) is 10.5 Å². The topological polar surface area (TPSA) is 96.7 Å². The highest BCUT2D eigenvalue weighted by atomic mass is 19.4. The molecule has 2 amide bonds. The van der Waals surface area contributed by atoms with Gasteiger partial charge in [-0.3, -0.25) is 14.5 Å². The summed E-state index contributed by atoms with van der Waals surface area (Å²) in [5, 5.41) is 5.45. The van der Waals surface area contributed by atoms with Gasteiger partial charge in [-0.1, -0.05) is 36.4 Å². The van der Waals surface area contributed by atoms with Gasteiger partial charge in [-0.25, -0.2) is 0 Å². The zero-order valence-corrected chi connectivity index (χ0v) is 20.4. The minimum Gasteiger partial charge on any atom is -0.397 e. The Kier molecular flexibility index (Phi) is 8.45. The molecule has 0 bridgehead atoms. The van der Waals surface area contributed by atoms with Crippen LogP contribution >= 0.6 is 0 Å². The number of nitrogens with two attached hydrogens (primary N) is 1. The minimum atomic E-state index is -4.45. The average Bonchev–Trinajstić information content (AvgIpc) is 2.90. The number of nitrogens with one attached hydrogen (secondary N) is 2. The molecule has 1 heterocycles. The Morgan fingerprint density at radius 1 is 0.921 bits per heavy atom. The maximum absolute atomic E-state index is 13.3. The lowest BCUT2D eigenvalue weighted by Gasteiger charge is -2.33. The summed E-state index contributed by atoms with van der Waals surface area (Å²) < 4.78 is 44.1. The summed E-state index contributed by atoms with van der Waals surface area (Å²) in [4.78, 5) is 27.5. The monoisotopic (exact) mass is 524 g/mol. The Bertz CT molecular complexity index is 1290. The highest BCUT2D eigenvalue weighted by molar-refractivity contribution is 6.03. The van der Waals surface area contributed by atoms with Crippen molar-refractivity contribution < 1.29 is 27.5 Å². The van der Waals surface area contributed by atoms with Gasteiger partial charge < -0.3 is 21.1 Å². The summed E-state index contributed by atoms with van der Waals surface area (Å²) in [7, 11) is 0. The molecule has 3 aromatic carbocycles. The molecule has 0 spiro atoms. The average molecular weight is 525 g/mol. The van der Waals surface area contributed by atoms with Crippen LogP contribution in [0.2, 0.25) is 0 Å². The molecule has 1 fully saturated rings. The van der Waals surface area contributed by atoms with Crippen molar-refractivity contribution in [3.8, 4) is 0 Å². The van der Waals surface area contributed by atoms with Gasteiger partial charge in [0, 0.05) is 24.9 Å². The first-order chi connectivity index (χ1) is 18.2. The Labute approximate surface area is 218 Å². The number of benzene rings is 3. The van der Waals surface area contributed by atoms with E-state index in [-0.39, 0.29) is 17.5 Å². The minimum absolute atomic E-state index is 0.269. The van der Waals surface area contributed by atoms with Gasteiger partial charge in [0.2, 0.25) is 11.8 Å². The molecule has 3 aromatic rings. The van der Waals surface area contributed by atoms with Crippen LogP contribution in [-0.2, 0) is 20.5 Å². The van der Waals surface area contributed by atoms with Crippen molar-refractivity contribution in [3.63, 3.8) is 0 Å². The van der Waals surface area contributed by atoms with Crippen molar-refractivity contribution >= 4 is 35.0 Å². The first-order valence-corrected chi connectivity index (χ1v) is 11.9. The number of alkyl halides is 3. The van der Waals surface area contributed by atoms with Gasteiger partial charge in [0.1, 0.15) is 6.04 Å². The second kappa shape index (κ2) is 11.9. The van der Waals surface area contributed by atoms with Crippen molar-refractivity contribution in [2.24, 2.45) is 0 Å². The molecule has 38 heavy (non-hydrogen) atoms. The smallest absolute Gasteiger partial charge is 0.397 e. The van der Waals surface area contributed by atoms with Crippen LogP contribution < -0.4 is 16.4 Å². The number of morpholine rings is 1. The summed E-state index contributed by atoms with van der Waals surface area (Å²) in [5.74, 6) is -0.705. The highest BCUT2D eigenvalue weighted by Gasteiger charge is 2.31. The lowest BCUT2D eigenvalue weighted by molar-refractivity contribution is -0.137. The van der Waals surface area contributed by atoms with Gasteiger partial charge in [0.15, 0.2) is 0 Å². The Balaban J connectivity index is 1.47. The quantitative estimate of drug-likeness (QED) is 0.300. The van der Waals surface area contributed by atoms with Crippen molar-refractivity contribution in [3.05, 3.63) is 95.6 Å². The van der Waals surface area contributed by atoms with E-state index in [1.807, 2.05) is 4.90 Å². The number of carbonyl (C=O) groups is 2. The lowest BCUT2D eigenvalue weighted by Crippen LogP contribution is -2.43. The van der Waals surface area contributed by atoms with Crippen molar-refractivity contribution in [2.75, 3.05) is 42.7 Å². The highest BCUT2D eigenvalue weighted by Crippen LogP contribution is 2.30. The Hall–Kier alpha value is -4.15. The Morgan fingerprint density at radius 2 is 1.58 bits per heavy atom. The fourth-order valence-corrected chi connectivity index (χ4v) is 4.06. The number of carbonyl (C=O) groups excluding carboxylic acids is 2. The van der Waals surface area contributed by atoms with E-state index in [0.717, 1.165) is 17.7 Å². The normalized spacial score (nSPS) is 15.2. The SMILES string of the molecule is Nc1ccccc1NC(=O)/C=C/c1ccc(C(C(=O)Nc2ccc(C(F)(F)F)cc2)N2CCOCC2)cc1. The summed E-state index contributed by atoms with van der Waals surface area (Å²) >= 11 is 0. The molecule has 1 aliphatic heterocycles. The summed E-state index contributed by atoms with van der Waals surface area (Å²) in [6.07, 6.45) is -1.42. The maximum Gasteiger partial charge on any atom is 0.416 e. The number of amides is 2. The van der Waals surface area contributed by atoms with Gasteiger partial charge in [0.05, 0.1) is 30.2 Å². The lowest BCUT2D eigenvalue weighted by atomic mass is 10.0. The van der Waals surface area contributed by atoms with Crippen LogP contribution in [-0.4, -0.2) is 43.0 Å². The molecule has 1 aliphatic rings. The van der Waals surface area contributed by atoms with Crippen molar-refractivity contribution in [2.45, 2.75) is 12.2 Å². The van der Waals surface area contributed by atoms with E-state index in [1.165, 1.54) is 18.2 Å². The predicted octanol–water partition coefficient (Wildman–Crippen LogP) is 4.95. The van der Waals surface area contributed by atoms with Crippen LogP contribution in [0, 0.1) is 0 Å². The molecular formula is C28H27F3N4O3. The number of halogens is 3. The first kappa shape index (κ1) is 26.9. The fraction of sp³-hybridized carbons (Fsp3) is 0.214. The Morgan fingerprint density at radius 3 is 2.21 bits per heavy atom. The number of nitrogen functional groups attached to an aromatic ring is 1. The van der Waals surface area contributed by atoms with Gasteiger partial charge >= 0.3 is 6.18 Å². The number of hydrogen-bond acceptors (Lipinski definition) is 5. The zero-order valence-electron chi connectivity index (χ0n) is 20.4. The molecule has 0 radical (unpaired) electrons. The molecule has 0 aliphatic carbocycles. The van der Waals surface area contributed by atoms with E-state index < -0.39 is 17.8 Å². The first-order valence-electron chi connectivity index (χ1n) is 11.9. The second-order valence-corrected chi connectivity index (χ2v) is 8.69. The van der Waals surface area contributed by atoms with E-state index in [1.54, 1.807) is 54.6 Å². The van der Waals surface area contributed by atoms with Crippen LogP contribution in [0.25, 0.3) is 6.08 Å². The number of ether oxygens (including phenoxy) is 1. The van der Waals surface area contributed by atoms with Crippen LogP contribution in [0.3, 0.4) is 0 Å². The summed E-state index contributed by atoms with van der Waals surface area (Å²) in [6, 6.07) is 17.8. The fourth-order valence-electron chi connectivity index (χ4n) is 4.06. The third-order valence-corrected chi connectivity index (χ3v) is 6.04. The molecule has 4 rings (SSSR count). The number of anilines is 3. The third kappa shape index (κ3) is 6.99. The maximum atomic E-state index is 13.3. The standard InChI is InChI=1S/C28H27F3N4O3/c29-28(30,31)21-10-12-22(13-11-21)33-27(37)26(35-15-17-38-18-16-35)20-8-5-19(6-9-20)7-14-25(36)34-24-4-2-1-3-23(24)32/h1-14,26H,15-18,32H2,(H,33,37)(H,34,36)/b14-7+. The van der Waals surface area contributed by atoms with E-state index in [9.17, 15) is 22.8 Å². The molecule has 1 saturated heterocycles. The van der Waals surface area contributed by atoms with Crippen LogP contribution in [0.15, 0.2) is 78.9 Å². The molecule has 0 saturated carbocycles. The summed E-state index contributed by atoms with van der Waals surface area (Å²) in [6.45, 7) is 1.98. The van der Waals surface area contributed by atoms with E-state index in [2.05, 4.69) is 10.6 Å². The summed E-state index contributed by atoms with van der Waals surface area (Å²) in [5.41, 5.74) is 7.76.